The number of hydrogen-bond acceptors (Lipinski definition) is 5. The summed E-state index contributed by atoms with van der Waals surface area (Å²) >= 11 is 1.64. The molecule has 2 aromatic rings. The highest BCUT2D eigenvalue weighted by Gasteiger charge is 2.12. The second kappa shape index (κ2) is 10.1. The van der Waals surface area contributed by atoms with Gasteiger partial charge in [0.1, 0.15) is 11.1 Å². The number of ether oxygens (including phenoxy) is 1. The van der Waals surface area contributed by atoms with Crippen LogP contribution in [0.1, 0.15) is 37.1 Å². The van der Waals surface area contributed by atoms with Crippen LogP contribution in [0, 0.1) is 0 Å². The number of nitrogens with one attached hydrogen (secondary N) is 1. The molecule has 8 heteroatoms. The molecule has 0 radical (unpaired) electrons. The Morgan fingerprint density at radius 1 is 1.52 bits per heavy atom. The van der Waals surface area contributed by atoms with Crippen LogP contribution in [0.4, 0.5) is 0 Å². The van der Waals surface area contributed by atoms with Gasteiger partial charge in [0.25, 0.3) is 0 Å². The minimum atomic E-state index is 0.0354. The van der Waals surface area contributed by atoms with Crippen molar-refractivity contribution in [3.8, 4) is 0 Å². The molecule has 0 amide bonds. The van der Waals surface area contributed by atoms with Gasteiger partial charge in [-0.2, -0.15) is 5.10 Å². The number of aliphatic imine (C=N–C) groups is 1. The number of methoxy groups -OCH3 is 1. The fraction of sp³-hybridized carbons (Fsp3) is 0.588. The first-order chi connectivity index (χ1) is 12.1. The summed E-state index contributed by atoms with van der Waals surface area (Å²) < 4.78 is 7.26. The predicted octanol–water partition coefficient (Wildman–Crippen LogP) is 2.53. The van der Waals surface area contributed by atoms with Crippen molar-refractivity contribution in [3.63, 3.8) is 0 Å². The number of guanidine groups is 1. The molecule has 1 atom stereocenters. The van der Waals surface area contributed by atoms with Gasteiger partial charge in [0.2, 0.25) is 0 Å². The number of aromatic nitrogens is 3. The Morgan fingerprint density at radius 2 is 2.36 bits per heavy atom. The van der Waals surface area contributed by atoms with Crippen molar-refractivity contribution in [2.45, 2.75) is 39.5 Å². The van der Waals surface area contributed by atoms with Gasteiger partial charge in [-0.3, -0.25) is 9.67 Å². The van der Waals surface area contributed by atoms with Crippen molar-refractivity contribution in [1.29, 1.82) is 0 Å². The molecule has 0 spiro atoms. The van der Waals surface area contributed by atoms with E-state index in [1.165, 1.54) is 0 Å². The topological polar surface area (TPSA) is 67.6 Å². The molecule has 2 aromatic heterocycles. The summed E-state index contributed by atoms with van der Waals surface area (Å²) in [7, 11) is 3.74. The minimum absolute atomic E-state index is 0.0354. The third-order valence-electron chi connectivity index (χ3n) is 3.73. The van der Waals surface area contributed by atoms with E-state index in [4.69, 9.17) is 9.73 Å². The van der Waals surface area contributed by atoms with Gasteiger partial charge in [0.15, 0.2) is 5.96 Å². The maximum Gasteiger partial charge on any atom is 0.194 e. The van der Waals surface area contributed by atoms with Crippen LogP contribution >= 0.6 is 11.3 Å². The molecule has 7 nitrogen and oxygen atoms in total. The van der Waals surface area contributed by atoms with Crippen molar-refractivity contribution in [2.24, 2.45) is 4.99 Å². The van der Waals surface area contributed by atoms with Crippen LogP contribution in [-0.2, 0) is 17.8 Å². The quantitative estimate of drug-likeness (QED) is 0.421. The molecule has 0 fully saturated rings. The van der Waals surface area contributed by atoms with Gasteiger partial charge in [0.05, 0.1) is 12.2 Å². The molecule has 0 aliphatic rings. The molecule has 1 N–H and O–H groups in total. The van der Waals surface area contributed by atoms with Crippen LogP contribution in [0.5, 0.6) is 0 Å². The van der Waals surface area contributed by atoms with Gasteiger partial charge in [-0.05, 0) is 26.3 Å². The molecule has 2 rings (SSSR count). The van der Waals surface area contributed by atoms with E-state index >= 15 is 0 Å². The molecule has 0 saturated carbocycles. The van der Waals surface area contributed by atoms with Gasteiger partial charge < -0.3 is 15.0 Å². The van der Waals surface area contributed by atoms with Crippen LogP contribution in [0.3, 0.4) is 0 Å². The van der Waals surface area contributed by atoms with Gasteiger partial charge in [0, 0.05) is 51.6 Å². The van der Waals surface area contributed by atoms with Crippen molar-refractivity contribution in [1.82, 2.24) is 25.0 Å². The van der Waals surface area contributed by atoms with E-state index in [0.29, 0.717) is 0 Å². The Hall–Kier alpha value is -1.93. The average molecular weight is 365 g/mol. The first-order valence-electron chi connectivity index (χ1n) is 8.58. The van der Waals surface area contributed by atoms with E-state index in [2.05, 4.69) is 32.6 Å². The molecule has 0 aliphatic carbocycles. The van der Waals surface area contributed by atoms with Gasteiger partial charge in [-0.15, -0.1) is 11.3 Å². The van der Waals surface area contributed by atoms with E-state index in [0.717, 1.165) is 49.3 Å². The highest BCUT2D eigenvalue weighted by Crippen LogP contribution is 2.20. The zero-order valence-corrected chi connectivity index (χ0v) is 16.3. The lowest BCUT2D eigenvalue weighted by atomic mass is 10.4. The van der Waals surface area contributed by atoms with E-state index in [-0.39, 0.29) is 6.10 Å². The Labute approximate surface area is 153 Å². The molecule has 25 heavy (non-hydrogen) atoms. The van der Waals surface area contributed by atoms with Crippen molar-refractivity contribution in [3.05, 3.63) is 34.5 Å². The lowest BCUT2D eigenvalue weighted by molar-refractivity contribution is 0.119. The molecule has 1 unspecified atom stereocenters. The SMILES string of the molecule is CCNC(=NCCCn1cccn1)N(C)Cc1csc(C(C)OC)n1. The predicted molar refractivity (Wildman–Crippen MR) is 102 cm³/mol. The lowest BCUT2D eigenvalue weighted by Gasteiger charge is -2.21. The summed E-state index contributed by atoms with van der Waals surface area (Å²) in [5, 5.41) is 10.6. The molecule has 0 saturated heterocycles. The Kier molecular flexibility index (Phi) is 7.87. The largest absolute Gasteiger partial charge is 0.375 e. The van der Waals surface area contributed by atoms with Crippen molar-refractivity contribution in [2.75, 3.05) is 27.2 Å². The average Bonchev–Trinajstić information content (AvgIpc) is 3.28. The normalized spacial score (nSPS) is 13.0. The molecular weight excluding hydrogens is 336 g/mol. The summed E-state index contributed by atoms with van der Waals surface area (Å²) in [6.07, 6.45) is 4.76. The van der Waals surface area contributed by atoms with Crippen LogP contribution < -0.4 is 5.32 Å². The second-order valence-electron chi connectivity index (χ2n) is 5.77. The summed E-state index contributed by atoms with van der Waals surface area (Å²) in [5.41, 5.74) is 1.04. The smallest absolute Gasteiger partial charge is 0.194 e. The fourth-order valence-electron chi connectivity index (χ4n) is 2.32. The molecular formula is C17H28N6OS. The molecule has 0 aromatic carbocycles. The summed E-state index contributed by atoms with van der Waals surface area (Å²) in [5.74, 6) is 0.900. The number of rotatable bonds is 9. The van der Waals surface area contributed by atoms with Crippen LogP contribution in [0.15, 0.2) is 28.8 Å². The number of nitrogens with zero attached hydrogens (tertiary/aromatic N) is 5. The summed E-state index contributed by atoms with van der Waals surface area (Å²) in [6, 6.07) is 1.94. The number of hydrogen-bond donors (Lipinski definition) is 1. The van der Waals surface area contributed by atoms with Crippen molar-refractivity contribution < 1.29 is 4.74 Å². The first-order valence-corrected chi connectivity index (χ1v) is 9.46. The summed E-state index contributed by atoms with van der Waals surface area (Å²) in [6.45, 7) is 7.29. The van der Waals surface area contributed by atoms with Crippen LogP contribution in [0.2, 0.25) is 0 Å². The monoisotopic (exact) mass is 364 g/mol. The Balaban J connectivity index is 1.88. The standard InChI is InChI=1S/C17H28N6OS/c1-5-18-17(19-8-6-10-23-11-7-9-20-23)22(3)12-15-13-25-16(21-15)14(2)24-4/h7,9,11,13-14H,5-6,8,10,12H2,1-4H3,(H,18,19). The Bertz CT molecular complexity index is 639. The zero-order valence-electron chi connectivity index (χ0n) is 15.5. The first kappa shape index (κ1) is 19.4. The molecule has 2 heterocycles. The maximum atomic E-state index is 5.33. The molecule has 0 aliphatic heterocycles. The summed E-state index contributed by atoms with van der Waals surface area (Å²) in [4.78, 5) is 11.5. The fourth-order valence-corrected chi connectivity index (χ4v) is 3.16. The van der Waals surface area contributed by atoms with Crippen LogP contribution in [-0.4, -0.2) is 52.9 Å². The van der Waals surface area contributed by atoms with E-state index in [9.17, 15) is 0 Å². The van der Waals surface area contributed by atoms with E-state index < -0.39 is 0 Å². The maximum absolute atomic E-state index is 5.33. The lowest BCUT2D eigenvalue weighted by Crippen LogP contribution is -2.38. The van der Waals surface area contributed by atoms with E-state index in [1.807, 2.05) is 30.9 Å². The van der Waals surface area contributed by atoms with Gasteiger partial charge >= 0.3 is 0 Å². The zero-order chi connectivity index (χ0) is 18.1. The molecule has 0 bridgehead atoms. The third kappa shape index (κ3) is 6.13. The van der Waals surface area contributed by atoms with Crippen molar-refractivity contribution >= 4 is 17.3 Å². The molecule has 138 valence electrons. The minimum Gasteiger partial charge on any atom is -0.375 e. The van der Waals surface area contributed by atoms with Crippen LogP contribution in [0.25, 0.3) is 0 Å². The highest BCUT2D eigenvalue weighted by molar-refractivity contribution is 7.09. The Morgan fingerprint density at radius 3 is 3.04 bits per heavy atom. The highest BCUT2D eigenvalue weighted by atomic mass is 32.1. The van der Waals surface area contributed by atoms with E-state index in [1.54, 1.807) is 24.6 Å². The van der Waals surface area contributed by atoms with Gasteiger partial charge in [-0.25, -0.2) is 4.98 Å². The number of thiazole rings is 1. The second-order valence-corrected chi connectivity index (χ2v) is 6.66. The number of aryl methyl sites for hydroxylation is 1. The van der Waals surface area contributed by atoms with Gasteiger partial charge in [-0.1, -0.05) is 0 Å². The third-order valence-corrected chi connectivity index (χ3v) is 4.79.